The Morgan fingerprint density at radius 3 is 2.30 bits per heavy atom. The first kappa shape index (κ1) is 21.9. The summed E-state index contributed by atoms with van der Waals surface area (Å²) in [6.07, 6.45) is 0. The predicted molar refractivity (Wildman–Crippen MR) is 125 cm³/mol. The van der Waals surface area contributed by atoms with E-state index in [1.807, 2.05) is 51.1 Å². The van der Waals surface area contributed by atoms with Crippen LogP contribution in [0.25, 0.3) is 0 Å². The fraction of sp³-hybridized carbons (Fsp3) is 0.240. The van der Waals surface area contributed by atoms with Crippen molar-refractivity contribution in [3.05, 3.63) is 86.9 Å². The number of anilines is 1. The Morgan fingerprint density at radius 2 is 1.63 bits per heavy atom. The predicted octanol–water partition coefficient (Wildman–Crippen LogP) is 6.60. The zero-order chi connectivity index (χ0) is 21.7. The summed E-state index contributed by atoms with van der Waals surface area (Å²) < 4.78 is 12.5. The van der Waals surface area contributed by atoms with Crippen molar-refractivity contribution < 1.29 is 14.3 Å². The number of nitrogens with one attached hydrogen (secondary N) is 1. The highest BCUT2D eigenvalue weighted by Gasteiger charge is 2.17. The average molecular weight is 468 g/mol. The zero-order valence-electron chi connectivity index (χ0n) is 17.7. The van der Waals surface area contributed by atoms with Crippen LogP contribution in [0, 0.1) is 20.8 Å². The molecule has 0 aromatic heterocycles. The number of benzene rings is 3. The molecule has 5 heteroatoms. The van der Waals surface area contributed by atoms with Crippen LogP contribution in [0.15, 0.2) is 59.1 Å². The molecule has 0 unspecified atom stereocenters. The van der Waals surface area contributed by atoms with Gasteiger partial charge in [-0.1, -0.05) is 47.5 Å². The minimum atomic E-state index is -0.200. The third-order valence-electron chi connectivity index (χ3n) is 4.71. The van der Waals surface area contributed by atoms with Crippen LogP contribution in [0.1, 0.15) is 39.5 Å². The number of ether oxygens (including phenoxy) is 2. The third kappa shape index (κ3) is 5.42. The number of hydrogen-bond acceptors (Lipinski definition) is 3. The van der Waals surface area contributed by atoms with E-state index >= 15 is 0 Å². The van der Waals surface area contributed by atoms with Crippen molar-refractivity contribution in [1.82, 2.24) is 0 Å². The lowest BCUT2D eigenvalue weighted by Crippen LogP contribution is -2.13. The van der Waals surface area contributed by atoms with E-state index < -0.39 is 0 Å². The maximum atomic E-state index is 12.9. The first-order valence-corrected chi connectivity index (χ1v) is 10.7. The van der Waals surface area contributed by atoms with Gasteiger partial charge in [0.05, 0.1) is 11.1 Å². The van der Waals surface area contributed by atoms with E-state index in [-0.39, 0.29) is 5.91 Å². The Labute approximate surface area is 186 Å². The molecule has 0 spiro atoms. The summed E-state index contributed by atoms with van der Waals surface area (Å²) in [6.45, 7) is 8.84. The molecule has 30 heavy (non-hydrogen) atoms. The standard InChI is InChI=1S/C25H26BrNO3/c1-5-29-23-14-20(25(28)27-22-11-8-17(3)12-18(22)4)13-21(26)24(23)30-15-19-9-6-16(2)7-10-19/h6-14H,5,15H2,1-4H3,(H,27,28). The molecule has 0 bridgehead atoms. The zero-order valence-corrected chi connectivity index (χ0v) is 19.3. The molecular formula is C25H26BrNO3. The van der Waals surface area contributed by atoms with Crippen molar-refractivity contribution in [3.63, 3.8) is 0 Å². The molecule has 0 radical (unpaired) electrons. The Kier molecular flexibility index (Phi) is 7.16. The summed E-state index contributed by atoms with van der Waals surface area (Å²) in [5.41, 5.74) is 5.72. The molecular weight excluding hydrogens is 442 g/mol. The quantitative estimate of drug-likeness (QED) is 0.425. The normalized spacial score (nSPS) is 10.6. The first-order valence-electron chi connectivity index (χ1n) is 9.90. The van der Waals surface area contributed by atoms with Gasteiger partial charge < -0.3 is 14.8 Å². The maximum Gasteiger partial charge on any atom is 0.255 e. The van der Waals surface area contributed by atoms with Crippen LogP contribution >= 0.6 is 15.9 Å². The molecule has 0 saturated heterocycles. The van der Waals surface area contributed by atoms with E-state index in [1.165, 1.54) is 5.56 Å². The number of carbonyl (C=O) groups excluding carboxylic acids is 1. The van der Waals surface area contributed by atoms with E-state index in [2.05, 4.69) is 40.3 Å². The summed E-state index contributed by atoms with van der Waals surface area (Å²) in [5.74, 6) is 0.916. The monoisotopic (exact) mass is 467 g/mol. The third-order valence-corrected chi connectivity index (χ3v) is 5.29. The molecule has 0 aliphatic heterocycles. The molecule has 0 saturated carbocycles. The van der Waals surface area contributed by atoms with Gasteiger partial charge in [-0.3, -0.25) is 4.79 Å². The van der Waals surface area contributed by atoms with Gasteiger partial charge in [0.2, 0.25) is 0 Å². The topological polar surface area (TPSA) is 47.6 Å². The van der Waals surface area contributed by atoms with Crippen molar-refractivity contribution in [2.45, 2.75) is 34.3 Å². The van der Waals surface area contributed by atoms with Crippen molar-refractivity contribution >= 4 is 27.5 Å². The summed E-state index contributed by atoms with van der Waals surface area (Å²) >= 11 is 3.55. The SMILES string of the molecule is CCOc1cc(C(=O)Nc2ccc(C)cc2C)cc(Br)c1OCc1ccc(C)cc1. The number of amides is 1. The van der Waals surface area contributed by atoms with Crippen molar-refractivity contribution in [2.24, 2.45) is 0 Å². The van der Waals surface area contributed by atoms with Crippen LogP contribution in [0.5, 0.6) is 11.5 Å². The van der Waals surface area contributed by atoms with Gasteiger partial charge in [0.15, 0.2) is 11.5 Å². The van der Waals surface area contributed by atoms with Crippen LogP contribution < -0.4 is 14.8 Å². The smallest absolute Gasteiger partial charge is 0.255 e. The second-order valence-electron chi connectivity index (χ2n) is 7.27. The molecule has 1 N–H and O–H groups in total. The van der Waals surface area contributed by atoms with Gasteiger partial charge in [0.1, 0.15) is 6.61 Å². The molecule has 0 fully saturated rings. The highest BCUT2D eigenvalue weighted by Crippen LogP contribution is 2.37. The summed E-state index contributed by atoms with van der Waals surface area (Å²) in [6, 6.07) is 17.6. The highest BCUT2D eigenvalue weighted by atomic mass is 79.9. The molecule has 4 nitrogen and oxygen atoms in total. The summed E-state index contributed by atoms with van der Waals surface area (Å²) in [5, 5.41) is 2.98. The molecule has 0 aliphatic carbocycles. The molecule has 3 rings (SSSR count). The van der Waals surface area contributed by atoms with Crippen LogP contribution in [-0.4, -0.2) is 12.5 Å². The second-order valence-corrected chi connectivity index (χ2v) is 8.12. The summed E-state index contributed by atoms with van der Waals surface area (Å²) in [4.78, 5) is 12.9. The number of aryl methyl sites for hydroxylation is 3. The lowest BCUT2D eigenvalue weighted by atomic mass is 10.1. The molecule has 0 aliphatic rings. The van der Waals surface area contributed by atoms with Crippen LogP contribution in [-0.2, 0) is 6.61 Å². The Hall–Kier alpha value is -2.79. The van der Waals surface area contributed by atoms with E-state index in [1.54, 1.807) is 12.1 Å². The minimum absolute atomic E-state index is 0.200. The van der Waals surface area contributed by atoms with E-state index in [9.17, 15) is 4.79 Å². The van der Waals surface area contributed by atoms with Gasteiger partial charge in [-0.05, 0) is 73.0 Å². The van der Waals surface area contributed by atoms with Gasteiger partial charge in [0.25, 0.3) is 5.91 Å². The number of halogens is 1. The van der Waals surface area contributed by atoms with Gasteiger partial charge >= 0.3 is 0 Å². The molecule has 156 valence electrons. The molecule has 3 aromatic carbocycles. The Balaban J connectivity index is 1.82. The van der Waals surface area contributed by atoms with Gasteiger partial charge in [0, 0.05) is 11.3 Å². The van der Waals surface area contributed by atoms with E-state index in [0.29, 0.717) is 34.7 Å². The van der Waals surface area contributed by atoms with Crippen molar-refractivity contribution in [1.29, 1.82) is 0 Å². The van der Waals surface area contributed by atoms with Crippen LogP contribution in [0.3, 0.4) is 0 Å². The lowest BCUT2D eigenvalue weighted by Gasteiger charge is -2.16. The Morgan fingerprint density at radius 1 is 0.933 bits per heavy atom. The lowest BCUT2D eigenvalue weighted by molar-refractivity contribution is 0.102. The van der Waals surface area contributed by atoms with Crippen molar-refractivity contribution in [3.8, 4) is 11.5 Å². The maximum absolute atomic E-state index is 12.9. The summed E-state index contributed by atoms with van der Waals surface area (Å²) in [7, 11) is 0. The highest BCUT2D eigenvalue weighted by molar-refractivity contribution is 9.10. The number of carbonyl (C=O) groups is 1. The minimum Gasteiger partial charge on any atom is -0.490 e. The fourth-order valence-electron chi connectivity index (χ4n) is 3.09. The molecule has 3 aromatic rings. The van der Waals surface area contributed by atoms with Gasteiger partial charge in [-0.2, -0.15) is 0 Å². The second kappa shape index (κ2) is 9.81. The number of rotatable bonds is 7. The first-order chi connectivity index (χ1) is 14.4. The van der Waals surface area contributed by atoms with Gasteiger partial charge in [-0.15, -0.1) is 0 Å². The molecule has 0 heterocycles. The molecule has 0 atom stereocenters. The van der Waals surface area contributed by atoms with Gasteiger partial charge in [-0.25, -0.2) is 0 Å². The van der Waals surface area contributed by atoms with Crippen molar-refractivity contribution in [2.75, 3.05) is 11.9 Å². The Bertz CT molecular complexity index is 1050. The largest absolute Gasteiger partial charge is 0.490 e. The number of hydrogen-bond donors (Lipinski definition) is 1. The van der Waals surface area contributed by atoms with Crippen LogP contribution in [0.4, 0.5) is 5.69 Å². The average Bonchev–Trinajstić information content (AvgIpc) is 2.70. The fourth-order valence-corrected chi connectivity index (χ4v) is 3.65. The van der Waals surface area contributed by atoms with E-state index in [4.69, 9.17) is 9.47 Å². The van der Waals surface area contributed by atoms with Crippen LogP contribution in [0.2, 0.25) is 0 Å². The molecule has 1 amide bonds. The van der Waals surface area contributed by atoms with E-state index in [0.717, 1.165) is 22.4 Å².